The highest BCUT2D eigenvalue weighted by Crippen LogP contribution is 2.24. The van der Waals surface area contributed by atoms with E-state index in [4.69, 9.17) is 0 Å². The van der Waals surface area contributed by atoms with Crippen LogP contribution in [0.3, 0.4) is 0 Å². The molecule has 1 unspecified atom stereocenters. The van der Waals surface area contributed by atoms with Gasteiger partial charge in [-0.1, -0.05) is 18.2 Å². The molecule has 4 heteroatoms. The Balaban J connectivity index is 1.79. The third kappa shape index (κ3) is 3.28. The fourth-order valence-corrected chi connectivity index (χ4v) is 2.81. The zero-order chi connectivity index (χ0) is 14.7. The second kappa shape index (κ2) is 6.33. The van der Waals surface area contributed by atoms with Crippen molar-refractivity contribution in [2.45, 2.75) is 19.5 Å². The molecule has 1 fully saturated rings. The topological polar surface area (TPSA) is 28.2 Å². The molecule has 0 spiro atoms. The van der Waals surface area contributed by atoms with Gasteiger partial charge in [0.05, 0.1) is 0 Å². The summed E-state index contributed by atoms with van der Waals surface area (Å²) in [5.74, 6) is -0.124. The van der Waals surface area contributed by atoms with E-state index in [2.05, 4.69) is 21.3 Å². The van der Waals surface area contributed by atoms with Crippen LogP contribution < -0.4 is 5.32 Å². The minimum atomic E-state index is -0.124. The van der Waals surface area contributed by atoms with Gasteiger partial charge in [0.15, 0.2) is 0 Å². The van der Waals surface area contributed by atoms with Crippen molar-refractivity contribution < 1.29 is 4.39 Å². The van der Waals surface area contributed by atoms with Crippen molar-refractivity contribution in [1.29, 1.82) is 0 Å². The number of piperazine rings is 1. The molecule has 110 valence electrons. The number of benzene rings is 1. The lowest BCUT2D eigenvalue weighted by molar-refractivity contribution is 0.153. The Morgan fingerprint density at radius 3 is 3.05 bits per heavy atom. The van der Waals surface area contributed by atoms with E-state index in [1.54, 1.807) is 19.2 Å². The Bertz CT molecular complexity index is 600. The molecule has 1 aromatic carbocycles. The van der Waals surface area contributed by atoms with Crippen LogP contribution in [0.25, 0.3) is 0 Å². The van der Waals surface area contributed by atoms with E-state index in [0.717, 1.165) is 31.7 Å². The first kappa shape index (κ1) is 14.2. The predicted octanol–water partition coefficient (Wildman–Crippen LogP) is 2.68. The summed E-state index contributed by atoms with van der Waals surface area (Å²) in [5.41, 5.74) is 2.93. The minimum absolute atomic E-state index is 0.124. The normalized spacial score (nSPS) is 19.6. The van der Waals surface area contributed by atoms with Gasteiger partial charge in [-0.25, -0.2) is 4.39 Å². The van der Waals surface area contributed by atoms with Gasteiger partial charge in [0.25, 0.3) is 0 Å². The van der Waals surface area contributed by atoms with Gasteiger partial charge in [0.1, 0.15) is 5.82 Å². The number of hydrogen-bond acceptors (Lipinski definition) is 3. The summed E-state index contributed by atoms with van der Waals surface area (Å²) < 4.78 is 13.7. The summed E-state index contributed by atoms with van der Waals surface area (Å²) in [6.45, 7) is 5.38. The number of nitrogens with zero attached hydrogens (tertiary/aromatic N) is 2. The van der Waals surface area contributed by atoms with Crippen LogP contribution in [0, 0.1) is 12.7 Å². The van der Waals surface area contributed by atoms with Gasteiger partial charge in [0.2, 0.25) is 0 Å². The Labute approximate surface area is 124 Å². The van der Waals surface area contributed by atoms with Gasteiger partial charge in [-0.2, -0.15) is 0 Å². The third-order valence-electron chi connectivity index (χ3n) is 4.05. The van der Waals surface area contributed by atoms with Crippen LogP contribution >= 0.6 is 0 Å². The molecule has 3 nitrogen and oxygen atoms in total. The molecule has 1 aliphatic heterocycles. The average Bonchev–Trinajstić information content (AvgIpc) is 2.52. The zero-order valence-electron chi connectivity index (χ0n) is 12.2. The highest BCUT2D eigenvalue weighted by molar-refractivity contribution is 5.24. The number of halogens is 1. The molecule has 2 aromatic rings. The lowest BCUT2D eigenvalue weighted by atomic mass is 10.0. The van der Waals surface area contributed by atoms with Crippen LogP contribution in [0.5, 0.6) is 0 Å². The fraction of sp³-hybridized carbons (Fsp3) is 0.353. The van der Waals surface area contributed by atoms with Crippen LogP contribution in [-0.2, 0) is 6.54 Å². The predicted molar refractivity (Wildman–Crippen MR) is 81.4 cm³/mol. The molecule has 0 bridgehead atoms. The molecule has 1 aliphatic rings. The lowest BCUT2D eigenvalue weighted by Crippen LogP contribution is -2.45. The van der Waals surface area contributed by atoms with E-state index >= 15 is 0 Å². The smallest absolute Gasteiger partial charge is 0.126 e. The van der Waals surface area contributed by atoms with Gasteiger partial charge in [-0.3, -0.25) is 9.88 Å². The van der Waals surface area contributed by atoms with Crippen LogP contribution in [0.1, 0.15) is 22.7 Å². The monoisotopic (exact) mass is 285 g/mol. The molecule has 0 radical (unpaired) electrons. The molecular formula is C17H20FN3. The molecule has 3 rings (SSSR count). The van der Waals surface area contributed by atoms with Gasteiger partial charge in [0, 0.05) is 44.6 Å². The van der Waals surface area contributed by atoms with E-state index in [-0.39, 0.29) is 11.9 Å². The third-order valence-corrected chi connectivity index (χ3v) is 4.05. The van der Waals surface area contributed by atoms with Gasteiger partial charge in [-0.05, 0) is 35.7 Å². The van der Waals surface area contributed by atoms with E-state index in [9.17, 15) is 4.39 Å². The maximum atomic E-state index is 13.7. The van der Waals surface area contributed by atoms with Crippen LogP contribution in [0.4, 0.5) is 4.39 Å². The van der Waals surface area contributed by atoms with Crippen LogP contribution in [-0.4, -0.2) is 29.5 Å². The summed E-state index contributed by atoms with van der Waals surface area (Å²) in [4.78, 5) is 6.60. The largest absolute Gasteiger partial charge is 0.314 e. The maximum absolute atomic E-state index is 13.7. The minimum Gasteiger partial charge on any atom is -0.314 e. The summed E-state index contributed by atoms with van der Waals surface area (Å²) in [5, 5.41) is 3.43. The first-order valence-electron chi connectivity index (χ1n) is 7.34. The Morgan fingerprint density at radius 1 is 1.38 bits per heavy atom. The second-order valence-corrected chi connectivity index (χ2v) is 5.56. The summed E-state index contributed by atoms with van der Waals surface area (Å²) in [7, 11) is 0. The van der Waals surface area contributed by atoms with Gasteiger partial charge >= 0.3 is 0 Å². The second-order valence-electron chi connectivity index (χ2n) is 5.56. The first-order chi connectivity index (χ1) is 10.2. The molecule has 0 amide bonds. The molecule has 1 N–H and O–H groups in total. The quantitative estimate of drug-likeness (QED) is 0.940. The van der Waals surface area contributed by atoms with E-state index in [1.165, 1.54) is 5.56 Å². The van der Waals surface area contributed by atoms with Crippen molar-refractivity contribution in [2.24, 2.45) is 0 Å². The highest BCUT2D eigenvalue weighted by atomic mass is 19.1. The summed E-state index contributed by atoms with van der Waals surface area (Å²) in [6, 6.07) is 9.88. The van der Waals surface area contributed by atoms with E-state index < -0.39 is 0 Å². The average molecular weight is 285 g/mol. The number of nitrogens with one attached hydrogen (secondary N) is 1. The Hall–Kier alpha value is -1.78. The van der Waals surface area contributed by atoms with Crippen molar-refractivity contribution in [3.8, 4) is 0 Å². The Morgan fingerprint density at radius 2 is 2.29 bits per heavy atom. The molecule has 0 saturated carbocycles. The van der Waals surface area contributed by atoms with Crippen LogP contribution in [0.15, 0.2) is 42.7 Å². The highest BCUT2D eigenvalue weighted by Gasteiger charge is 2.23. The summed E-state index contributed by atoms with van der Waals surface area (Å²) >= 11 is 0. The molecule has 1 aromatic heterocycles. The SMILES string of the molecule is Cc1ccc(CN2CCNCC2c2cccnc2)cc1F. The molecule has 1 atom stereocenters. The van der Waals surface area contributed by atoms with E-state index in [0.29, 0.717) is 5.56 Å². The molecule has 0 aliphatic carbocycles. The number of aromatic nitrogens is 1. The van der Waals surface area contributed by atoms with Crippen molar-refractivity contribution >= 4 is 0 Å². The van der Waals surface area contributed by atoms with Crippen molar-refractivity contribution in [3.63, 3.8) is 0 Å². The maximum Gasteiger partial charge on any atom is 0.126 e. The van der Waals surface area contributed by atoms with Gasteiger partial charge in [-0.15, -0.1) is 0 Å². The van der Waals surface area contributed by atoms with Crippen molar-refractivity contribution in [3.05, 3.63) is 65.2 Å². The molecular weight excluding hydrogens is 265 g/mol. The van der Waals surface area contributed by atoms with Crippen LogP contribution in [0.2, 0.25) is 0 Å². The fourth-order valence-electron chi connectivity index (χ4n) is 2.81. The molecule has 1 saturated heterocycles. The van der Waals surface area contributed by atoms with Gasteiger partial charge < -0.3 is 5.32 Å². The van der Waals surface area contributed by atoms with E-state index in [1.807, 2.05) is 24.4 Å². The lowest BCUT2D eigenvalue weighted by Gasteiger charge is -2.36. The number of pyridine rings is 1. The number of aryl methyl sites for hydroxylation is 1. The molecule has 2 heterocycles. The van der Waals surface area contributed by atoms with Crippen molar-refractivity contribution in [2.75, 3.05) is 19.6 Å². The zero-order valence-corrected chi connectivity index (χ0v) is 12.2. The molecule has 21 heavy (non-hydrogen) atoms. The first-order valence-corrected chi connectivity index (χ1v) is 7.34. The Kier molecular flexibility index (Phi) is 4.27. The summed E-state index contributed by atoms with van der Waals surface area (Å²) in [6.07, 6.45) is 3.71. The number of hydrogen-bond donors (Lipinski definition) is 1. The number of rotatable bonds is 3. The standard InChI is InChI=1S/C17H20FN3/c1-13-4-5-14(9-16(13)18)12-21-8-7-20-11-17(21)15-3-2-6-19-10-15/h2-6,9-10,17,20H,7-8,11-12H2,1H3. The van der Waals surface area contributed by atoms with Crippen molar-refractivity contribution in [1.82, 2.24) is 15.2 Å².